The SMILES string of the molecule is CC(=O)O.Cc1ccnc(Nc2nc3cc(C4(O)c5ccccc5C(=O)N4c4cccc(Cl)c4F)ccc3[nH]2)n1. The van der Waals surface area contributed by atoms with E-state index in [4.69, 9.17) is 21.5 Å². The van der Waals surface area contributed by atoms with E-state index in [1.807, 2.05) is 6.92 Å². The molecule has 0 radical (unpaired) electrons. The number of carboxylic acid groups (broad SMARTS) is 1. The van der Waals surface area contributed by atoms with E-state index < -0.39 is 23.4 Å². The zero-order chi connectivity index (χ0) is 28.6. The van der Waals surface area contributed by atoms with Crippen molar-refractivity contribution in [3.05, 3.63) is 106 Å². The number of H-pyrrole nitrogens is 1. The van der Waals surface area contributed by atoms with Crippen molar-refractivity contribution in [1.29, 1.82) is 0 Å². The molecule has 202 valence electrons. The number of aromatic nitrogens is 4. The third-order valence-electron chi connectivity index (χ3n) is 6.14. The molecular formula is C28H22ClFN6O4. The van der Waals surface area contributed by atoms with Gasteiger partial charge in [-0.05, 0) is 43.3 Å². The summed E-state index contributed by atoms with van der Waals surface area (Å²) in [5.41, 5.74) is 0.779. The number of carboxylic acids is 1. The lowest BCUT2D eigenvalue weighted by Crippen LogP contribution is -2.45. The zero-order valence-electron chi connectivity index (χ0n) is 21.2. The smallest absolute Gasteiger partial charge is 0.300 e. The number of halogens is 2. The second kappa shape index (κ2) is 10.4. The average molecular weight is 561 g/mol. The number of carbonyl (C=O) groups is 2. The van der Waals surface area contributed by atoms with Crippen molar-refractivity contribution in [2.75, 3.05) is 10.2 Å². The van der Waals surface area contributed by atoms with Crippen LogP contribution in [0.5, 0.6) is 0 Å². The fraction of sp³-hybridized carbons (Fsp3) is 0.107. The Hall–Kier alpha value is -4.87. The van der Waals surface area contributed by atoms with Crippen LogP contribution in [0.25, 0.3) is 11.0 Å². The number of imidazole rings is 1. The highest BCUT2D eigenvalue weighted by molar-refractivity contribution is 6.31. The monoisotopic (exact) mass is 560 g/mol. The molecule has 0 saturated carbocycles. The number of fused-ring (bicyclic) bond motifs is 2. The summed E-state index contributed by atoms with van der Waals surface area (Å²) in [5.74, 6) is -1.40. The second-order valence-electron chi connectivity index (χ2n) is 8.91. The number of carbonyl (C=O) groups excluding carboxylic acids is 1. The number of nitrogens with zero attached hydrogens (tertiary/aromatic N) is 4. The molecule has 6 rings (SSSR count). The average Bonchev–Trinajstić information content (AvgIpc) is 3.41. The molecule has 1 atom stereocenters. The van der Waals surface area contributed by atoms with Crippen molar-refractivity contribution in [3.8, 4) is 0 Å². The first-order chi connectivity index (χ1) is 19.1. The maximum Gasteiger partial charge on any atom is 0.300 e. The molecule has 0 saturated heterocycles. The van der Waals surface area contributed by atoms with Crippen LogP contribution in [0.15, 0.2) is 72.9 Å². The zero-order valence-corrected chi connectivity index (χ0v) is 21.9. The van der Waals surface area contributed by atoms with E-state index in [1.165, 1.54) is 18.2 Å². The quantitative estimate of drug-likeness (QED) is 0.236. The summed E-state index contributed by atoms with van der Waals surface area (Å²) in [6.45, 7) is 2.94. The summed E-state index contributed by atoms with van der Waals surface area (Å²) in [6, 6.07) is 17.8. The number of aromatic amines is 1. The normalized spacial score (nSPS) is 15.9. The highest BCUT2D eigenvalue weighted by Gasteiger charge is 2.51. The third-order valence-corrected chi connectivity index (χ3v) is 6.43. The molecule has 40 heavy (non-hydrogen) atoms. The van der Waals surface area contributed by atoms with E-state index in [9.17, 15) is 9.90 Å². The molecule has 5 aromatic rings. The number of aryl methyl sites for hydroxylation is 1. The van der Waals surface area contributed by atoms with Crippen LogP contribution in [0.4, 0.5) is 22.0 Å². The predicted molar refractivity (Wildman–Crippen MR) is 147 cm³/mol. The predicted octanol–water partition coefficient (Wildman–Crippen LogP) is 5.14. The van der Waals surface area contributed by atoms with Gasteiger partial charge in [-0.2, -0.15) is 0 Å². The molecule has 3 heterocycles. The molecule has 1 aliphatic heterocycles. The van der Waals surface area contributed by atoms with Gasteiger partial charge in [0.1, 0.15) is 0 Å². The fourth-order valence-corrected chi connectivity index (χ4v) is 4.66. The molecule has 0 bridgehead atoms. The minimum Gasteiger partial charge on any atom is -0.481 e. The van der Waals surface area contributed by atoms with Crippen LogP contribution in [0.3, 0.4) is 0 Å². The van der Waals surface area contributed by atoms with E-state index in [-0.39, 0.29) is 16.3 Å². The Kier molecular flexibility index (Phi) is 6.92. The maximum atomic E-state index is 15.1. The Morgan fingerprint density at radius 2 is 1.85 bits per heavy atom. The summed E-state index contributed by atoms with van der Waals surface area (Å²) in [5, 5.41) is 22.5. The topological polar surface area (TPSA) is 144 Å². The van der Waals surface area contributed by atoms with Crippen LogP contribution in [-0.4, -0.2) is 42.0 Å². The Morgan fingerprint density at radius 1 is 1.10 bits per heavy atom. The lowest BCUT2D eigenvalue weighted by Gasteiger charge is -2.35. The summed E-state index contributed by atoms with van der Waals surface area (Å²) in [6.07, 6.45) is 1.64. The van der Waals surface area contributed by atoms with Gasteiger partial charge in [-0.15, -0.1) is 0 Å². The lowest BCUT2D eigenvalue weighted by molar-refractivity contribution is -0.134. The number of benzene rings is 3. The van der Waals surface area contributed by atoms with Gasteiger partial charge < -0.3 is 15.2 Å². The molecule has 12 heteroatoms. The van der Waals surface area contributed by atoms with Gasteiger partial charge in [0.25, 0.3) is 11.9 Å². The number of amides is 1. The molecule has 1 amide bonds. The number of hydrogen-bond donors (Lipinski definition) is 4. The van der Waals surface area contributed by atoms with Crippen molar-refractivity contribution >= 4 is 52.1 Å². The molecule has 0 aliphatic carbocycles. The van der Waals surface area contributed by atoms with Crippen molar-refractivity contribution in [2.24, 2.45) is 0 Å². The largest absolute Gasteiger partial charge is 0.481 e. The number of anilines is 3. The van der Waals surface area contributed by atoms with Crippen molar-refractivity contribution in [2.45, 2.75) is 19.6 Å². The van der Waals surface area contributed by atoms with Gasteiger partial charge in [0.15, 0.2) is 11.5 Å². The number of hydrogen-bond acceptors (Lipinski definition) is 7. The summed E-state index contributed by atoms with van der Waals surface area (Å²) in [4.78, 5) is 39.7. The van der Waals surface area contributed by atoms with Crippen LogP contribution in [-0.2, 0) is 10.5 Å². The first-order valence-corrected chi connectivity index (χ1v) is 12.3. The highest BCUT2D eigenvalue weighted by Crippen LogP contribution is 2.46. The van der Waals surface area contributed by atoms with Crippen LogP contribution in [0.1, 0.15) is 34.1 Å². The molecular weight excluding hydrogens is 539 g/mol. The molecule has 1 unspecified atom stereocenters. The van der Waals surface area contributed by atoms with Crippen LogP contribution in [0, 0.1) is 12.7 Å². The first-order valence-electron chi connectivity index (χ1n) is 12.0. The summed E-state index contributed by atoms with van der Waals surface area (Å²) in [7, 11) is 0. The number of aliphatic hydroxyl groups is 1. The lowest BCUT2D eigenvalue weighted by atomic mass is 9.93. The van der Waals surface area contributed by atoms with Crippen molar-refractivity contribution < 1.29 is 24.2 Å². The fourth-order valence-electron chi connectivity index (χ4n) is 4.49. The van der Waals surface area contributed by atoms with E-state index in [0.29, 0.717) is 34.1 Å². The summed E-state index contributed by atoms with van der Waals surface area (Å²) >= 11 is 6.02. The minimum atomic E-state index is -2.00. The molecule has 1 aliphatic rings. The van der Waals surface area contributed by atoms with Crippen LogP contribution < -0.4 is 10.2 Å². The molecule has 3 aromatic carbocycles. The van der Waals surface area contributed by atoms with Gasteiger partial charge in [-0.3, -0.25) is 19.8 Å². The maximum absolute atomic E-state index is 15.1. The molecule has 4 N–H and O–H groups in total. The Balaban J connectivity index is 0.000000758. The van der Waals surface area contributed by atoms with Gasteiger partial charge in [-0.25, -0.2) is 19.3 Å². The molecule has 2 aromatic heterocycles. The van der Waals surface area contributed by atoms with E-state index >= 15 is 4.39 Å². The molecule has 10 nitrogen and oxygen atoms in total. The van der Waals surface area contributed by atoms with Crippen LogP contribution in [0.2, 0.25) is 5.02 Å². The Bertz CT molecular complexity index is 1770. The van der Waals surface area contributed by atoms with E-state index in [0.717, 1.165) is 17.5 Å². The van der Waals surface area contributed by atoms with E-state index in [1.54, 1.807) is 54.7 Å². The van der Waals surface area contributed by atoms with Gasteiger partial charge >= 0.3 is 0 Å². The highest BCUT2D eigenvalue weighted by atomic mass is 35.5. The molecule has 0 fully saturated rings. The van der Waals surface area contributed by atoms with Crippen molar-refractivity contribution in [1.82, 2.24) is 19.9 Å². The number of aliphatic carboxylic acids is 1. The Labute approximate surface area is 232 Å². The van der Waals surface area contributed by atoms with Gasteiger partial charge in [0.2, 0.25) is 11.9 Å². The Morgan fingerprint density at radius 3 is 2.60 bits per heavy atom. The molecule has 0 spiro atoms. The summed E-state index contributed by atoms with van der Waals surface area (Å²) < 4.78 is 15.1. The standard InChI is InChI=1S/C26H18ClFN6O2.C2H4O2/c1-14-11-12-29-24(30-14)33-25-31-19-10-9-15(13-20(19)32-25)26(36)17-6-3-2-5-16(17)23(35)34(26)21-8-4-7-18(27)22(21)28;1-2(3)4/h2-13,36H,1H3,(H2,29,30,31,32,33);1H3,(H,3,4). The van der Waals surface area contributed by atoms with Gasteiger partial charge in [0, 0.05) is 35.5 Å². The first kappa shape index (κ1) is 26.7. The number of nitrogens with one attached hydrogen (secondary N) is 2. The van der Waals surface area contributed by atoms with Crippen LogP contribution >= 0.6 is 11.6 Å². The van der Waals surface area contributed by atoms with Gasteiger partial charge in [-0.1, -0.05) is 41.9 Å². The van der Waals surface area contributed by atoms with Gasteiger partial charge in [0.05, 0.1) is 21.7 Å². The number of rotatable bonds is 4. The third kappa shape index (κ3) is 4.72. The second-order valence-corrected chi connectivity index (χ2v) is 9.32. The van der Waals surface area contributed by atoms with E-state index in [2.05, 4.69) is 25.3 Å². The van der Waals surface area contributed by atoms with Crippen molar-refractivity contribution in [3.63, 3.8) is 0 Å². The minimum absolute atomic E-state index is 0.132.